The Balaban J connectivity index is 1.82. The van der Waals surface area contributed by atoms with Crippen LogP contribution < -0.4 is 10.6 Å². The van der Waals surface area contributed by atoms with Crippen molar-refractivity contribution in [2.24, 2.45) is 5.92 Å². The van der Waals surface area contributed by atoms with Crippen LogP contribution in [0.5, 0.6) is 0 Å². The van der Waals surface area contributed by atoms with Crippen molar-refractivity contribution >= 4 is 11.8 Å². The number of hydrogen-bond acceptors (Lipinski definition) is 3. The van der Waals surface area contributed by atoms with E-state index in [2.05, 4.69) is 50.2 Å². The second-order valence-corrected chi connectivity index (χ2v) is 9.36. The summed E-state index contributed by atoms with van der Waals surface area (Å²) in [6.07, 6.45) is 2.51. The Morgan fingerprint density at radius 1 is 1.18 bits per heavy atom. The maximum atomic E-state index is 12.4. The highest BCUT2D eigenvalue weighted by Crippen LogP contribution is 2.22. The molecule has 1 saturated heterocycles. The van der Waals surface area contributed by atoms with Gasteiger partial charge in [-0.1, -0.05) is 39.8 Å². The Labute approximate surface area is 170 Å². The number of likely N-dealkylation sites (tertiary alicyclic amines) is 1. The van der Waals surface area contributed by atoms with Crippen LogP contribution in [0.3, 0.4) is 0 Å². The molecular weight excluding hydrogens is 350 g/mol. The number of rotatable bonds is 6. The van der Waals surface area contributed by atoms with Gasteiger partial charge in [0.2, 0.25) is 5.91 Å². The number of piperidine rings is 1. The molecule has 0 bridgehead atoms. The average molecular weight is 388 g/mol. The van der Waals surface area contributed by atoms with Crippen molar-refractivity contribution < 1.29 is 9.59 Å². The summed E-state index contributed by atoms with van der Waals surface area (Å²) in [5, 5.41) is 5.78. The van der Waals surface area contributed by atoms with E-state index >= 15 is 0 Å². The van der Waals surface area contributed by atoms with Crippen LogP contribution in [0.15, 0.2) is 24.3 Å². The highest BCUT2D eigenvalue weighted by Gasteiger charge is 2.23. The largest absolute Gasteiger partial charge is 0.353 e. The molecule has 3 atom stereocenters. The lowest BCUT2D eigenvalue weighted by Gasteiger charge is -2.35. The molecule has 5 nitrogen and oxygen atoms in total. The molecule has 1 heterocycles. The van der Waals surface area contributed by atoms with Gasteiger partial charge < -0.3 is 10.6 Å². The van der Waals surface area contributed by atoms with Gasteiger partial charge in [0.05, 0.1) is 0 Å². The third kappa shape index (κ3) is 6.33. The van der Waals surface area contributed by atoms with E-state index in [-0.39, 0.29) is 17.2 Å². The molecule has 0 radical (unpaired) electrons. The highest BCUT2D eigenvalue weighted by atomic mass is 16.2. The minimum atomic E-state index is -0.567. The Hall–Kier alpha value is -1.88. The van der Waals surface area contributed by atoms with Gasteiger partial charge in [-0.05, 0) is 62.3 Å². The summed E-state index contributed by atoms with van der Waals surface area (Å²) in [5.74, 6) is 0.354. The van der Waals surface area contributed by atoms with Gasteiger partial charge in [-0.25, -0.2) is 0 Å². The minimum Gasteiger partial charge on any atom is -0.353 e. The van der Waals surface area contributed by atoms with E-state index in [4.69, 9.17) is 0 Å². The monoisotopic (exact) mass is 387 g/mol. The molecule has 1 fully saturated rings. The van der Waals surface area contributed by atoms with E-state index in [1.54, 1.807) is 6.92 Å². The van der Waals surface area contributed by atoms with Crippen LogP contribution in [0.1, 0.15) is 70.3 Å². The minimum absolute atomic E-state index is 0.0467. The number of carbonyl (C=O) groups is 2. The van der Waals surface area contributed by atoms with Crippen LogP contribution in [0.25, 0.3) is 0 Å². The number of carbonyl (C=O) groups excluding carboxylic acids is 2. The molecule has 0 aliphatic carbocycles. The fourth-order valence-electron chi connectivity index (χ4n) is 3.62. The smallest absolute Gasteiger partial charge is 0.251 e. The molecule has 156 valence electrons. The lowest BCUT2D eigenvalue weighted by Crippen LogP contribution is -2.50. The normalized spacial score (nSPS) is 20.3. The number of hydrogen-bond donors (Lipinski definition) is 2. The van der Waals surface area contributed by atoms with Crippen molar-refractivity contribution in [2.75, 3.05) is 19.6 Å². The Morgan fingerprint density at radius 2 is 1.82 bits per heavy atom. The van der Waals surface area contributed by atoms with Gasteiger partial charge in [0.25, 0.3) is 5.91 Å². The van der Waals surface area contributed by atoms with E-state index < -0.39 is 6.04 Å². The van der Waals surface area contributed by atoms with Gasteiger partial charge in [0.15, 0.2) is 0 Å². The predicted octanol–water partition coefficient (Wildman–Crippen LogP) is 3.34. The zero-order chi connectivity index (χ0) is 20.9. The van der Waals surface area contributed by atoms with Crippen LogP contribution in [0.4, 0.5) is 0 Å². The Kier molecular flexibility index (Phi) is 7.64. The molecule has 2 N–H and O–H groups in total. The van der Waals surface area contributed by atoms with Crippen LogP contribution in [-0.2, 0) is 10.2 Å². The summed E-state index contributed by atoms with van der Waals surface area (Å²) in [7, 11) is 0. The fraction of sp³-hybridized carbons (Fsp3) is 0.652. The molecule has 28 heavy (non-hydrogen) atoms. The first-order valence-corrected chi connectivity index (χ1v) is 10.5. The first-order chi connectivity index (χ1) is 13.1. The lowest BCUT2D eigenvalue weighted by atomic mass is 9.86. The second-order valence-electron chi connectivity index (χ2n) is 9.36. The van der Waals surface area contributed by atoms with Crippen LogP contribution >= 0.6 is 0 Å². The number of nitrogens with zero attached hydrogens (tertiary/aromatic N) is 1. The first-order valence-electron chi connectivity index (χ1n) is 10.5. The predicted molar refractivity (Wildman–Crippen MR) is 115 cm³/mol. The third-order valence-electron chi connectivity index (χ3n) is 5.64. The van der Waals surface area contributed by atoms with Gasteiger partial charge >= 0.3 is 0 Å². The molecule has 5 heteroatoms. The summed E-state index contributed by atoms with van der Waals surface area (Å²) in [6, 6.07) is 7.32. The van der Waals surface area contributed by atoms with E-state index in [1.807, 2.05) is 24.3 Å². The van der Waals surface area contributed by atoms with Gasteiger partial charge in [0.1, 0.15) is 6.04 Å². The lowest BCUT2D eigenvalue weighted by molar-refractivity contribution is -0.122. The van der Waals surface area contributed by atoms with Crippen molar-refractivity contribution in [2.45, 2.75) is 71.9 Å². The van der Waals surface area contributed by atoms with E-state index in [0.717, 1.165) is 19.0 Å². The van der Waals surface area contributed by atoms with E-state index in [1.165, 1.54) is 18.4 Å². The summed E-state index contributed by atoms with van der Waals surface area (Å²) in [5.41, 5.74) is 1.80. The number of nitrogens with one attached hydrogen (secondary N) is 2. The van der Waals surface area contributed by atoms with Crippen LogP contribution in [0.2, 0.25) is 0 Å². The standard InChI is InChI=1S/C23H37N3O2/c1-16-8-7-13-26(15-16)17(2)14-24-21(27)18(3)25-22(28)19-9-11-20(12-10-19)23(4,5)6/h9-12,16-18H,7-8,13-15H2,1-6H3,(H,24,27)(H,25,28). The molecule has 1 aromatic rings. The van der Waals surface area contributed by atoms with Gasteiger partial charge in [-0.2, -0.15) is 0 Å². The van der Waals surface area contributed by atoms with Crippen molar-refractivity contribution in [3.8, 4) is 0 Å². The maximum absolute atomic E-state index is 12.4. The van der Waals surface area contributed by atoms with Gasteiger partial charge in [-0.3, -0.25) is 14.5 Å². The summed E-state index contributed by atoms with van der Waals surface area (Å²) < 4.78 is 0. The van der Waals surface area contributed by atoms with Crippen molar-refractivity contribution in [3.63, 3.8) is 0 Å². The fourth-order valence-corrected chi connectivity index (χ4v) is 3.62. The SMILES string of the molecule is CC1CCCN(C(C)CNC(=O)C(C)NC(=O)c2ccc(C(C)(C)C)cc2)C1. The van der Waals surface area contributed by atoms with Crippen molar-refractivity contribution in [1.82, 2.24) is 15.5 Å². The van der Waals surface area contributed by atoms with E-state index in [0.29, 0.717) is 18.2 Å². The van der Waals surface area contributed by atoms with Crippen LogP contribution in [0, 0.1) is 5.92 Å². The molecule has 0 aromatic heterocycles. The van der Waals surface area contributed by atoms with Crippen molar-refractivity contribution in [1.29, 1.82) is 0 Å². The molecule has 1 aliphatic heterocycles. The van der Waals surface area contributed by atoms with Crippen LogP contribution in [-0.4, -0.2) is 48.4 Å². The zero-order valence-corrected chi connectivity index (χ0v) is 18.3. The number of amides is 2. The molecule has 3 unspecified atom stereocenters. The van der Waals surface area contributed by atoms with Gasteiger partial charge in [-0.15, -0.1) is 0 Å². The molecule has 1 aromatic carbocycles. The number of benzene rings is 1. The average Bonchev–Trinajstić information content (AvgIpc) is 2.65. The topological polar surface area (TPSA) is 61.4 Å². The molecule has 2 amide bonds. The molecular formula is C23H37N3O2. The van der Waals surface area contributed by atoms with Gasteiger partial charge in [0, 0.05) is 24.7 Å². The maximum Gasteiger partial charge on any atom is 0.251 e. The molecule has 0 saturated carbocycles. The summed E-state index contributed by atoms with van der Waals surface area (Å²) in [4.78, 5) is 27.3. The molecule has 1 aliphatic rings. The summed E-state index contributed by atoms with van der Waals surface area (Å²) >= 11 is 0. The van der Waals surface area contributed by atoms with Crippen molar-refractivity contribution in [3.05, 3.63) is 35.4 Å². The summed E-state index contributed by atoms with van der Waals surface area (Å²) in [6.45, 7) is 15.4. The third-order valence-corrected chi connectivity index (χ3v) is 5.64. The quantitative estimate of drug-likeness (QED) is 0.787. The Morgan fingerprint density at radius 3 is 2.39 bits per heavy atom. The molecule has 0 spiro atoms. The Bertz CT molecular complexity index is 663. The second kappa shape index (κ2) is 9.55. The zero-order valence-electron chi connectivity index (χ0n) is 18.3. The van der Waals surface area contributed by atoms with E-state index in [9.17, 15) is 9.59 Å². The first kappa shape index (κ1) is 22.4. The highest BCUT2D eigenvalue weighted by molar-refractivity contribution is 5.97. The molecule has 2 rings (SSSR count).